The average Bonchev–Trinajstić information content (AvgIpc) is 3.46. The number of thioether (sulfide) groups is 1. The molecule has 0 saturated carbocycles. The third-order valence-electron chi connectivity index (χ3n) is 9.53. The van der Waals surface area contributed by atoms with E-state index in [0.29, 0.717) is 0 Å². The highest BCUT2D eigenvalue weighted by Crippen LogP contribution is 2.50. The molecule has 0 aromatic heterocycles. The van der Waals surface area contributed by atoms with Crippen molar-refractivity contribution < 1.29 is 0 Å². The molecule has 1 atom stereocenters. The molecule has 0 bridgehead atoms. The zero-order chi connectivity index (χ0) is 32.5. The smallest absolute Gasteiger partial charge is 0.0291 e. The van der Waals surface area contributed by atoms with Gasteiger partial charge in [-0.3, -0.25) is 0 Å². The fraction of sp³-hybridized carbons (Fsp3) is 0.0870. The average molecular weight is 623 g/mol. The molecule has 0 N–H and O–H groups in total. The highest BCUT2D eigenvalue weighted by Gasteiger charge is 2.31. The Morgan fingerprint density at radius 2 is 1.51 bits per heavy atom. The first-order valence-electron chi connectivity index (χ1n) is 16.2. The summed E-state index contributed by atoms with van der Waals surface area (Å²) in [5.74, 6) is 0.262. The van der Waals surface area contributed by atoms with Gasteiger partial charge in [0.05, 0.1) is 0 Å². The summed E-state index contributed by atoms with van der Waals surface area (Å²) >= 11 is 1.78. The van der Waals surface area contributed by atoms with Crippen LogP contribution in [-0.4, -0.2) is 6.26 Å². The number of aryl methyl sites for hydroxylation is 1. The highest BCUT2D eigenvalue weighted by molar-refractivity contribution is 7.98. The van der Waals surface area contributed by atoms with E-state index in [-0.39, 0.29) is 5.92 Å². The second-order valence-electron chi connectivity index (χ2n) is 12.2. The Morgan fingerprint density at radius 1 is 0.787 bits per heavy atom. The summed E-state index contributed by atoms with van der Waals surface area (Å²) in [6, 6.07) is 39.5. The van der Waals surface area contributed by atoms with E-state index >= 15 is 0 Å². The lowest BCUT2D eigenvalue weighted by Gasteiger charge is -2.17. The molecule has 0 nitrogen and oxygen atoms in total. The van der Waals surface area contributed by atoms with Crippen LogP contribution in [-0.2, 0) is 0 Å². The number of allylic oxidation sites excluding steroid dienone is 11. The van der Waals surface area contributed by atoms with Crippen LogP contribution in [0.2, 0.25) is 0 Å². The highest BCUT2D eigenvalue weighted by atomic mass is 32.2. The van der Waals surface area contributed by atoms with Crippen LogP contribution in [0.4, 0.5) is 0 Å². The zero-order valence-corrected chi connectivity index (χ0v) is 28.1. The quantitative estimate of drug-likeness (QED) is 0.123. The normalized spacial score (nSPS) is 15.8. The van der Waals surface area contributed by atoms with Crippen molar-refractivity contribution in [2.45, 2.75) is 24.7 Å². The van der Waals surface area contributed by atoms with Crippen molar-refractivity contribution >= 4 is 44.8 Å². The molecular formula is C46H38S. The summed E-state index contributed by atoms with van der Waals surface area (Å²) in [5, 5.41) is 2.62. The zero-order valence-electron chi connectivity index (χ0n) is 27.3. The monoisotopic (exact) mass is 622 g/mol. The molecule has 2 aliphatic rings. The number of hydrogen-bond acceptors (Lipinski definition) is 1. The van der Waals surface area contributed by atoms with Crippen LogP contribution in [0.3, 0.4) is 0 Å². The van der Waals surface area contributed by atoms with Gasteiger partial charge in [0.2, 0.25) is 0 Å². The van der Waals surface area contributed by atoms with Crippen LogP contribution in [0.15, 0.2) is 175 Å². The maximum Gasteiger partial charge on any atom is 0.0291 e. The Balaban J connectivity index is 1.38. The summed E-state index contributed by atoms with van der Waals surface area (Å²) in [7, 11) is 0. The topological polar surface area (TPSA) is 0 Å². The molecule has 7 rings (SSSR count). The van der Waals surface area contributed by atoms with Crippen LogP contribution < -0.4 is 0 Å². The second kappa shape index (κ2) is 12.9. The van der Waals surface area contributed by atoms with Gasteiger partial charge in [0.25, 0.3) is 0 Å². The van der Waals surface area contributed by atoms with Crippen LogP contribution >= 0.6 is 11.8 Å². The Bertz CT molecular complexity index is 2210. The van der Waals surface area contributed by atoms with Gasteiger partial charge in [-0.15, -0.1) is 11.8 Å². The predicted octanol–water partition coefficient (Wildman–Crippen LogP) is 12.7. The Hall–Kier alpha value is -5.11. The lowest BCUT2D eigenvalue weighted by Crippen LogP contribution is -1.97. The van der Waals surface area contributed by atoms with Gasteiger partial charge in [0.15, 0.2) is 0 Å². The molecule has 0 spiro atoms. The summed E-state index contributed by atoms with van der Waals surface area (Å²) in [5.41, 5.74) is 15.7. The van der Waals surface area contributed by atoms with Crippen molar-refractivity contribution in [3.05, 3.63) is 209 Å². The maximum atomic E-state index is 4.61. The van der Waals surface area contributed by atoms with Gasteiger partial charge in [-0.1, -0.05) is 153 Å². The Morgan fingerprint density at radius 3 is 2.28 bits per heavy atom. The van der Waals surface area contributed by atoms with Crippen molar-refractivity contribution in [1.82, 2.24) is 0 Å². The van der Waals surface area contributed by atoms with E-state index in [2.05, 4.69) is 173 Å². The van der Waals surface area contributed by atoms with Gasteiger partial charge < -0.3 is 0 Å². The molecule has 0 saturated heterocycles. The maximum absolute atomic E-state index is 4.61. The van der Waals surface area contributed by atoms with Gasteiger partial charge in [0, 0.05) is 10.8 Å². The molecule has 1 heteroatoms. The summed E-state index contributed by atoms with van der Waals surface area (Å²) in [6.45, 7) is 13.3. The number of benzene rings is 5. The van der Waals surface area contributed by atoms with Crippen molar-refractivity contribution in [3.8, 4) is 0 Å². The van der Waals surface area contributed by atoms with Crippen molar-refractivity contribution in [1.29, 1.82) is 0 Å². The molecule has 228 valence electrons. The van der Waals surface area contributed by atoms with E-state index in [1.807, 2.05) is 6.08 Å². The van der Waals surface area contributed by atoms with Crippen molar-refractivity contribution in [2.75, 3.05) is 6.26 Å². The molecular weight excluding hydrogens is 585 g/mol. The standard InChI is InChI=1S/C46H38S/c1-6-36(32(4)37-17-9-7-15-30(37)2)43(29-31(3)38-18-13-14-22-44(38)47-5)34-23-25-35(26-24-34)45-40-20-11-12-21-41(40)46-39-19-10-8-16-33(39)27-28-42(45)46/h6-29,41H,1,4H2,2-3,5H3/b31-29+,43-36+. The molecule has 0 fully saturated rings. The van der Waals surface area contributed by atoms with Crippen LogP contribution in [0, 0.1) is 6.92 Å². The Labute approximate surface area is 283 Å². The molecule has 0 aliphatic heterocycles. The second-order valence-corrected chi connectivity index (χ2v) is 13.1. The first-order chi connectivity index (χ1) is 23.0. The molecule has 5 aromatic carbocycles. The van der Waals surface area contributed by atoms with E-state index in [1.54, 1.807) is 11.8 Å². The first kappa shape index (κ1) is 30.5. The van der Waals surface area contributed by atoms with Gasteiger partial charge in [-0.05, 0) is 109 Å². The van der Waals surface area contributed by atoms with Gasteiger partial charge in [-0.25, -0.2) is 0 Å². The third-order valence-corrected chi connectivity index (χ3v) is 10.3. The summed E-state index contributed by atoms with van der Waals surface area (Å²) in [4.78, 5) is 1.26. The van der Waals surface area contributed by atoms with Crippen molar-refractivity contribution in [2.24, 2.45) is 0 Å². The SMILES string of the molecule is C=C/C(C(=C)c1ccccc1C)=C(/C=C(\C)c1ccccc1SC)c1ccc(C2=C3C=CC=CC3c3c2ccc2ccccc32)cc1. The number of hydrogen-bond donors (Lipinski definition) is 0. The Kier molecular flexibility index (Phi) is 8.41. The summed E-state index contributed by atoms with van der Waals surface area (Å²) < 4.78 is 0. The van der Waals surface area contributed by atoms with E-state index in [4.69, 9.17) is 0 Å². The molecule has 1 unspecified atom stereocenters. The minimum atomic E-state index is 0.262. The number of rotatable bonds is 8. The molecule has 0 radical (unpaired) electrons. The minimum absolute atomic E-state index is 0.262. The molecule has 5 aromatic rings. The predicted molar refractivity (Wildman–Crippen MR) is 207 cm³/mol. The van der Waals surface area contributed by atoms with Crippen LogP contribution in [0.5, 0.6) is 0 Å². The fourth-order valence-corrected chi connectivity index (χ4v) is 7.87. The van der Waals surface area contributed by atoms with Gasteiger partial charge >= 0.3 is 0 Å². The fourth-order valence-electron chi connectivity index (χ4n) is 7.21. The molecule has 0 heterocycles. The van der Waals surface area contributed by atoms with Crippen LogP contribution in [0.1, 0.15) is 51.8 Å². The lowest BCUT2D eigenvalue weighted by molar-refractivity contribution is 1.06. The van der Waals surface area contributed by atoms with Crippen LogP contribution in [0.25, 0.3) is 33.1 Å². The van der Waals surface area contributed by atoms with E-state index in [1.165, 1.54) is 60.2 Å². The van der Waals surface area contributed by atoms with Crippen molar-refractivity contribution in [3.63, 3.8) is 0 Å². The largest absolute Gasteiger partial charge is 0.129 e. The first-order valence-corrected chi connectivity index (χ1v) is 17.4. The molecule has 47 heavy (non-hydrogen) atoms. The van der Waals surface area contributed by atoms with E-state index in [9.17, 15) is 0 Å². The summed E-state index contributed by atoms with van der Waals surface area (Å²) in [6.07, 6.45) is 15.4. The van der Waals surface area contributed by atoms with Gasteiger partial charge in [0.1, 0.15) is 0 Å². The van der Waals surface area contributed by atoms with E-state index < -0.39 is 0 Å². The number of fused-ring (bicyclic) bond motifs is 5. The van der Waals surface area contributed by atoms with E-state index in [0.717, 1.165) is 27.8 Å². The lowest BCUT2D eigenvalue weighted by atomic mass is 9.87. The van der Waals surface area contributed by atoms with Gasteiger partial charge in [-0.2, -0.15) is 0 Å². The third kappa shape index (κ3) is 5.52. The minimum Gasteiger partial charge on any atom is -0.129 e. The molecule has 2 aliphatic carbocycles. The molecule has 0 amide bonds.